The van der Waals surface area contributed by atoms with E-state index < -0.39 is 47.4 Å². The lowest BCUT2D eigenvalue weighted by molar-refractivity contribution is -0.181. The number of carbonyl (C=O) groups is 3. The molecule has 1 aromatic carbocycles. The monoisotopic (exact) mass is 626 g/mol. The molecule has 246 valence electrons. The van der Waals surface area contributed by atoms with Gasteiger partial charge in [0.1, 0.15) is 24.0 Å². The first-order valence-electron chi connectivity index (χ1n) is 16.0. The highest BCUT2D eigenvalue weighted by Gasteiger charge is 2.68. The number of amides is 1. The molecule has 1 aromatic rings. The predicted octanol–water partition coefficient (Wildman–Crippen LogP) is 2.58. The van der Waals surface area contributed by atoms with Gasteiger partial charge >= 0.3 is 5.97 Å². The van der Waals surface area contributed by atoms with Crippen LogP contribution in [0, 0.1) is 28.6 Å². The van der Waals surface area contributed by atoms with Gasteiger partial charge in [0, 0.05) is 11.8 Å². The van der Waals surface area contributed by atoms with Gasteiger partial charge in [-0.2, -0.15) is 0 Å². The van der Waals surface area contributed by atoms with E-state index in [0.29, 0.717) is 31.4 Å². The van der Waals surface area contributed by atoms with Crippen molar-refractivity contribution in [2.75, 3.05) is 19.8 Å². The number of aliphatic hydroxyl groups excluding tert-OH is 2. The fourth-order valence-electron chi connectivity index (χ4n) is 9.08. The smallest absolute Gasteiger partial charge is 0.328 e. The van der Waals surface area contributed by atoms with Crippen molar-refractivity contribution in [2.24, 2.45) is 33.7 Å². The number of hydrogen-bond acceptors (Lipinski definition) is 10. The Morgan fingerprint density at radius 1 is 1.11 bits per heavy atom. The third kappa shape index (κ3) is 6.02. The number of hydrogen-bond donors (Lipinski definition) is 5. The van der Waals surface area contributed by atoms with E-state index in [1.807, 2.05) is 13.0 Å². The molecule has 5 N–H and O–H groups in total. The number of Topliss-reactive ketones (excluding diaryl/α,β-unsaturated/α-hetero) is 1. The van der Waals surface area contributed by atoms with Crippen LogP contribution in [0.5, 0.6) is 5.75 Å². The maximum absolute atomic E-state index is 12.7. The molecule has 3 saturated carbocycles. The number of phenolic OH excluding ortho intramolecular Hbond substituents is 1. The predicted molar refractivity (Wildman–Crippen MR) is 164 cm³/mol. The Bertz CT molecular complexity index is 1360. The van der Waals surface area contributed by atoms with Crippen molar-refractivity contribution in [3.05, 3.63) is 41.5 Å². The minimum atomic E-state index is -1.62. The van der Waals surface area contributed by atoms with Crippen molar-refractivity contribution >= 4 is 23.4 Å². The van der Waals surface area contributed by atoms with E-state index in [0.717, 1.165) is 24.8 Å². The van der Waals surface area contributed by atoms with Crippen LogP contribution in [0.25, 0.3) is 0 Å². The minimum Gasteiger partial charge on any atom is -0.508 e. The highest BCUT2D eigenvalue weighted by molar-refractivity contribution is 5.96. The molecule has 0 spiro atoms. The van der Waals surface area contributed by atoms with Gasteiger partial charge in [0.05, 0.1) is 18.4 Å². The van der Waals surface area contributed by atoms with Crippen LogP contribution in [0.2, 0.25) is 0 Å². The lowest BCUT2D eigenvalue weighted by Crippen LogP contribution is -2.62. The number of ether oxygens (including phenoxy) is 1. The second kappa shape index (κ2) is 12.8. The lowest BCUT2D eigenvalue weighted by Gasteiger charge is -2.60. The summed E-state index contributed by atoms with van der Waals surface area (Å²) >= 11 is 0. The van der Waals surface area contributed by atoms with Gasteiger partial charge in [-0.1, -0.05) is 36.7 Å². The third-order valence-corrected chi connectivity index (χ3v) is 11.3. The summed E-state index contributed by atoms with van der Waals surface area (Å²) in [4.78, 5) is 43.3. The first-order valence-corrected chi connectivity index (χ1v) is 16.0. The summed E-state index contributed by atoms with van der Waals surface area (Å²) in [5.41, 5.74) is -0.0411. The molecule has 11 nitrogen and oxygen atoms in total. The molecule has 5 rings (SSSR count). The van der Waals surface area contributed by atoms with E-state index in [-0.39, 0.29) is 48.6 Å². The molecule has 0 radical (unpaired) electrons. The number of aliphatic hydroxyl groups is 3. The molecule has 3 fully saturated rings. The summed E-state index contributed by atoms with van der Waals surface area (Å²) in [7, 11) is 0. The Morgan fingerprint density at radius 3 is 2.53 bits per heavy atom. The van der Waals surface area contributed by atoms with Crippen LogP contribution >= 0.6 is 0 Å². The number of ketones is 1. The van der Waals surface area contributed by atoms with Gasteiger partial charge in [0.2, 0.25) is 0 Å². The Labute approximate surface area is 263 Å². The number of carbonyl (C=O) groups excluding carboxylic acids is 3. The quantitative estimate of drug-likeness (QED) is 0.193. The average molecular weight is 627 g/mol. The summed E-state index contributed by atoms with van der Waals surface area (Å²) in [6, 6.07) is 5.44. The number of nitrogens with zero attached hydrogens (tertiary/aromatic N) is 1. The molecule has 0 bridgehead atoms. The number of esters is 1. The molecule has 0 aromatic heterocycles. The highest BCUT2D eigenvalue weighted by Crippen LogP contribution is 2.67. The van der Waals surface area contributed by atoms with Crippen LogP contribution in [-0.2, 0) is 30.4 Å². The van der Waals surface area contributed by atoms with Crippen molar-refractivity contribution in [1.29, 1.82) is 0 Å². The summed E-state index contributed by atoms with van der Waals surface area (Å²) in [5, 5.41) is 49.0. The summed E-state index contributed by atoms with van der Waals surface area (Å²) in [6.45, 7) is 4.87. The van der Waals surface area contributed by atoms with Crippen LogP contribution in [0.15, 0.2) is 41.1 Å². The van der Waals surface area contributed by atoms with E-state index >= 15 is 0 Å². The van der Waals surface area contributed by atoms with E-state index in [1.165, 1.54) is 17.7 Å². The molecular weight excluding hydrogens is 580 g/mol. The van der Waals surface area contributed by atoms with E-state index in [1.54, 1.807) is 19.1 Å². The largest absolute Gasteiger partial charge is 0.508 e. The van der Waals surface area contributed by atoms with Crippen LogP contribution < -0.4 is 5.32 Å². The molecule has 0 heterocycles. The summed E-state index contributed by atoms with van der Waals surface area (Å²) in [5.74, 6) is -1.34. The molecule has 4 aliphatic rings. The number of aromatic hydroxyl groups is 1. The highest BCUT2D eigenvalue weighted by atomic mass is 16.6. The maximum Gasteiger partial charge on any atom is 0.328 e. The van der Waals surface area contributed by atoms with Gasteiger partial charge in [-0.15, -0.1) is 0 Å². The SMILES string of the molecule is CCOC(=O)[C@H](Cc1ccc(O)cc1)NC(=O)CON=C1C=C2CC[C@H]3[C@H]([C@@H](O)C[C@@]4(C)[C@H]3CC[C@]4(O)C(=O)CO)[C@@]2(C)CC1. The standard InChI is InChI=1S/C34H46N2O9/c1-4-44-31(42)26(15-20-5-8-23(38)9-6-20)35-29(41)19-45-36-22-11-13-32(2)21(16-22)7-10-24-25-12-14-34(43,28(40)18-37)33(25,3)17-27(39)30(24)32/h5-6,8-9,16,24-27,30,37-39,43H,4,7,10-15,17-19H2,1-3H3,(H,35,41)/t24-,25+,26+,27+,30-,32+,33+,34+/m1/s1. The Kier molecular flexibility index (Phi) is 9.45. The summed E-state index contributed by atoms with van der Waals surface area (Å²) in [6.07, 6.45) is 5.76. The third-order valence-electron chi connectivity index (χ3n) is 11.3. The van der Waals surface area contributed by atoms with Gasteiger partial charge in [-0.25, -0.2) is 4.79 Å². The van der Waals surface area contributed by atoms with Crippen LogP contribution in [-0.4, -0.2) is 81.4 Å². The zero-order valence-corrected chi connectivity index (χ0v) is 26.3. The summed E-state index contributed by atoms with van der Waals surface area (Å²) < 4.78 is 5.13. The second-order valence-corrected chi connectivity index (χ2v) is 13.7. The van der Waals surface area contributed by atoms with E-state index in [4.69, 9.17) is 9.57 Å². The zero-order valence-electron chi connectivity index (χ0n) is 26.3. The number of allylic oxidation sites excluding steroid dienone is 2. The molecule has 0 unspecified atom stereocenters. The topological polar surface area (TPSA) is 175 Å². The number of rotatable bonds is 10. The number of benzene rings is 1. The molecule has 8 atom stereocenters. The van der Waals surface area contributed by atoms with Gasteiger partial charge < -0.3 is 35.3 Å². The van der Waals surface area contributed by atoms with E-state index in [9.17, 15) is 34.8 Å². The zero-order chi connectivity index (χ0) is 32.6. The van der Waals surface area contributed by atoms with Crippen molar-refractivity contribution in [3.8, 4) is 5.75 Å². The van der Waals surface area contributed by atoms with Crippen molar-refractivity contribution in [2.45, 2.75) is 89.9 Å². The Hall–Kier alpha value is -3.28. The van der Waals surface area contributed by atoms with Gasteiger partial charge in [0.15, 0.2) is 12.4 Å². The normalized spacial score (nSPS) is 35.3. The molecule has 45 heavy (non-hydrogen) atoms. The van der Waals surface area contributed by atoms with Gasteiger partial charge in [0.25, 0.3) is 5.91 Å². The van der Waals surface area contributed by atoms with Gasteiger partial charge in [-0.3, -0.25) is 9.59 Å². The number of oxime groups is 1. The van der Waals surface area contributed by atoms with Gasteiger partial charge in [-0.05, 0) is 98.8 Å². The van der Waals surface area contributed by atoms with Crippen molar-refractivity contribution in [1.82, 2.24) is 5.32 Å². The van der Waals surface area contributed by atoms with Crippen LogP contribution in [0.3, 0.4) is 0 Å². The van der Waals surface area contributed by atoms with Crippen LogP contribution in [0.1, 0.15) is 71.3 Å². The van der Waals surface area contributed by atoms with E-state index in [2.05, 4.69) is 17.4 Å². The Balaban J connectivity index is 1.23. The Morgan fingerprint density at radius 2 is 1.84 bits per heavy atom. The fraction of sp³-hybridized carbons (Fsp3) is 0.647. The molecule has 0 aliphatic heterocycles. The first-order chi connectivity index (χ1) is 21.4. The molecule has 0 saturated heterocycles. The first kappa shape index (κ1) is 33.1. The number of fused-ring (bicyclic) bond motifs is 5. The number of phenols is 1. The minimum absolute atomic E-state index is 0.0243. The number of nitrogens with one attached hydrogen (secondary N) is 1. The molecule has 11 heteroatoms. The van der Waals surface area contributed by atoms with Crippen LogP contribution in [0.4, 0.5) is 0 Å². The van der Waals surface area contributed by atoms with Crippen molar-refractivity contribution < 1.29 is 44.4 Å². The average Bonchev–Trinajstić information content (AvgIpc) is 3.28. The molecule has 1 amide bonds. The second-order valence-electron chi connectivity index (χ2n) is 13.7. The lowest BCUT2D eigenvalue weighted by atomic mass is 9.45. The molecular formula is C34H46N2O9. The maximum atomic E-state index is 12.7. The molecule has 4 aliphatic carbocycles. The van der Waals surface area contributed by atoms with Crippen molar-refractivity contribution in [3.63, 3.8) is 0 Å². The fourth-order valence-corrected chi connectivity index (χ4v) is 9.08.